The van der Waals surface area contributed by atoms with Gasteiger partial charge in [0.2, 0.25) is 0 Å². The molecule has 0 N–H and O–H groups in total. The van der Waals surface area contributed by atoms with Gasteiger partial charge in [0.1, 0.15) is 0 Å². The second-order valence-electron chi connectivity index (χ2n) is 3.37. The van der Waals surface area contributed by atoms with Crippen molar-refractivity contribution in [3.8, 4) is 0 Å². The maximum Gasteiger partial charge on any atom is 0.185 e. The molecular weight excluding hydrogens is 208 g/mol. The van der Waals surface area contributed by atoms with Gasteiger partial charge in [-0.3, -0.25) is 9.48 Å². The van der Waals surface area contributed by atoms with E-state index in [1.54, 1.807) is 11.6 Å². The number of nitrogens with zero attached hydrogens (tertiary/aromatic N) is 2. The van der Waals surface area contributed by atoms with Gasteiger partial charge >= 0.3 is 0 Å². The molecule has 0 aliphatic carbocycles. The summed E-state index contributed by atoms with van der Waals surface area (Å²) in [4.78, 5) is 10.7. The fourth-order valence-corrected chi connectivity index (χ4v) is 1.80. The zero-order valence-corrected chi connectivity index (χ0v) is 10.2. The molecule has 0 bridgehead atoms. The summed E-state index contributed by atoms with van der Waals surface area (Å²) in [5.74, 6) is 0.852. The Bertz CT molecular complexity index is 369. The standard InChI is InChI=1S/C11H16N2OS/c1-9-11(8-13(3)12-9)6-4-5-7-15-10(2)14/h4,6,8H,5,7H2,1-3H3. The number of rotatable bonds is 4. The molecule has 0 aliphatic heterocycles. The van der Waals surface area contributed by atoms with Crippen molar-refractivity contribution in [3.05, 3.63) is 23.5 Å². The lowest BCUT2D eigenvalue weighted by atomic mass is 10.2. The maximum atomic E-state index is 10.7. The molecule has 0 saturated heterocycles. The summed E-state index contributed by atoms with van der Waals surface area (Å²) in [5, 5.41) is 4.43. The first kappa shape index (κ1) is 12.0. The van der Waals surface area contributed by atoms with E-state index in [4.69, 9.17) is 0 Å². The minimum atomic E-state index is 0.181. The summed E-state index contributed by atoms with van der Waals surface area (Å²) in [6.07, 6.45) is 7.05. The quantitative estimate of drug-likeness (QED) is 0.737. The highest BCUT2D eigenvalue weighted by molar-refractivity contribution is 8.13. The average molecular weight is 224 g/mol. The Hall–Kier alpha value is -1.03. The Morgan fingerprint density at radius 3 is 2.93 bits per heavy atom. The molecule has 0 saturated carbocycles. The zero-order chi connectivity index (χ0) is 11.3. The first-order chi connectivity index (χ1) is 7.09. The van der Waals surface area contributed by atoms with E-state index < -0.39 is 0 Å². The first-order valence-electron chi connectivity index (χ1n) is 4.89. The van der Waals surface area contributed by atoms with Crippen molar-refractivity contribution in [2.24, 2.45) is 7.05 Å². The van der Waals surface area contributed by atoms with Crippen LogP contribution in [0.15, 0.2) is 12.3 Å². The number of carbonyl (C=O) groups is 1. The molecule has 4 heteroatoms. The van der Waals surface area contributed by atoms with Gasteiger partial charge in [0.15, 0.2) is 5.12 Å². The lowest BCUT2D eigenvalue weighted by Crippen LogP contribution is -1.86. The third kappa shape index (κ3) is 4.34. The van der Waals surface area contributed by atoms with Gasteiger partial charge in [0, 0.05) is 31.5 Å². The molecule has 1 aromatic heterocycles. The van der Waals surface area contributed by atoms with Gasteiger partial charge in [-0.2, -0.15) is 5.10 Å². The lowest BCUT2D eigenvalue weighted by Gasteiger charge is -1.91. The van der Waals surface area contributed by atoms with Crippen LogP contribution in [0, 0.1) is 6.92 Å². The van der Waals surface area contributed by atoms with E-state index in [0.717, 1.165) is 23.4 Å². The number of hydrogen-bond acceptors (Lipinski definition) is 3. The lowest BCUT2D eigenvalue weighted by molar-refractivity contribution is -0.109. The van der Waals surface area contributed by atoms with Crippen molar-refractivity contribution >= 4 is 23.0 Å². The van der Waals surface area contributed by atoms with E-state index in [9.17, 15) is 4.79 Å². The third-order valence-electron chi connectivity index (χ3n) is 1.94. The molecule has 0 aromatic carbocycles. The fourth-order valence-electron chi connectivity index (χ4n) is 1.26. The molecule has 0 radical (unpaired) electrons. The first-order valence-corrected chi connectivity index (χ1v) is 5.88. The minimum Gasteiger partial charge on any atom is -0.288 e. The van der Waals surface area contributed by atoms with Crippen molar-refractivity contribution in [1.82, 2.24) is 9.78 Å². The smallest absolute Gasteiger partial charge is 0.185 e. The second-order valence-corrected chi connectivity index (χ2v) is 4.65. The number of thioether (sulfide) groups is 1. The second kappa shape index (κ2) is 5.75. The van der Waals surface area contributed by atoms with Crippen molar-refractivity contribution in [1.29, 1.82) is 0 Å². The monoisotopic (exact) mass is 224 g/mol. The molecule has 1 rings (SSSR count). The molecule has 0 aliphatic rings. The molecule has 1 heterocycles. The van der Waals surface area contributed by atoms with Crippen molar-refractivity contribution in [2.75, 3.05) is 5.75 Å². The van der Waals surface area contributed by atoms with E-state index >= 15 is 0 Å². The van der Waals surface area contributed by atoms with Gasteiger partial charge in [0.05, 0.1) is 5.69 Å². The van der Waals surface area contributed by atoms with Crippen molar-refractivity contribution in [2.45, 2.75) is 20.3 Å². The Balaban J connectivity index is 2.38. The highest BCUT2D eigenvalue weighted by atomic mass is 32.2. The largest absolute Gasteiger partial charge is 0.288 e. The molecule has 0 atom stereocenters. The Labute approximate surface area is 94.6 Å². The van der Waals surface area contributed by atoms with Crippen LogP contribution in [0.25, 0.3) is 6.08 Å². The predicted molar refractivity (Wildman–Crippen MR) is 64.7 cm³/mol. The van der Waals surface area contributed by atoms with E-state index in [0.29, 0.717) is 0 Å². The molecule has 0 fully saturated rings. The molecule has 3 nitrogen and oxygen atoms in total. The molecule has 0 unspecified atom stereocenters. The van der Waals surface area contributed by atoms with Crippen LogP contribution in [0.1, 0.15) is 24.6 Å². The van der Waals surface area contributed by atoms with E-state index in [2.05, 4.69) is 17.3 Å². The molecule has 15 heavy (non-hydrogen) atoms. The normalized spacial score (nSPS) is 11.1. The van der Waals surface area contributed by atoms with Crippen LogP contribution in [-0.2, 0) is 11.8 Å². The number of aromatic nitrogens is 2. The molecular formula is C11H16N2OS. The molecule has 0 amide bonds. The van der Waals surface area contributed by atoms with Crippen LogP contribution in [0.4, 0.5) is 0 Å². The summed E-state index contributed by atoms with van der Waals surface area (Å²) in [6, 6.07) is 0. The molecule has 0 spiro atoms. The van der Waals surface area contributed by atoms with Gasteiger partial charge in [0.25, 0.3) is 0 Å². The van der Waals surface area contributed by atoms with E-state index in [1.807, 2.05) is 20.2 Å². The van der Waals surface area contributed by atoms with Crippen molar-refractivity contribution in [3.63, 3.8) is 0 Å². The van der Waals surface area contributed by atoms with Crippen LogP contribution in [0.2, 0.25) is 0 Å². The van der Waals surface area contributed by atoms with Gasteiger partial charge in [-0.25, -0.2) is 0 Å². The van der Waals surface area contributed by atoms with Crippen LogP contribution in [0.5, 0.6) is 0 Å². The summed E-state index contributed by atoms with van der Waals surface area (Å²) < 4.78 is 1.80. The average Bonchev–Trinajstić information content (AvgIpc) is 2.44. The minimum absolute atomic E-state index is 0.181. The summed E-state index contributed by atoms with van der Waals surface area (Å²) >= 11 is 1.36. The zero-order valence-electron chi connectivity index (χ0n) is 9.36. The van der Waals surface area contributed by atoms with E-state index in [1.165, 1.54) is 11.8 Å². The molecule has 82 valence electrons. The number of hydrogen-bond donors (Lipinski definition) is 0. The predicted octanol–water partition coefficient (Wildman–Crippen LogP) is 2.41. The summed E-state index contributed by atoms with van der Waals surface area (Å²) in [5.41, 5.74) is 2.18. The number of carbonyl (C=O) groups excluding carboxylic acids is 1. The fraction of sp³-hybridized carbons (Fsp3) is 0.455. The number of allylic oxidation sites excluding steroid dienone is 1. The van der Waals surface area contributed by atoms with Crippen LogP contribution in [-0.4, -0.2) is 20.6 Å². The highest BCUT2D eigenvalue weighted by Crippen LogP contribution is 2.09. The van der Waals surface area contributed by atoms with Crippen LogP contribution < -0.4 is 0 Å². The van der Waals surface area contributed by atoms with Gasteiger partial charge in [-0.05, 0) is 13.3 Å². The van der Waals surface area contributed by atoms with Crippen LogP contribution in [0.3, 0.4) is 0 Å². The van der Waals surface area contributed by atoms with Crippen molar-refractivity contribution < 1.29 is 4.79 Å². The maximum absolute atomic E-state index is 10.7. The highest BCUT2D eigenvalue weighted by Gasteiger charge is 1.97. The summed E-state index contributed by atoms with van der Waals surface area (Å²) in [7, 11) is 1.91. The van der Waals surface area contributed by atoms with Crippen LogP contribution >= 0.6 is 11.8 Å². The summed E-state index contributed by atoms with van der Waals surface area (Å²) in [6.45, 7) is 3.59. The third-order valence-corrected chi connectivity index (χ3v) is 2.79. The van der Waals surface area contributed by atoms with Gasteiger partial charge < -0.3 is 0 Å². The Kier molecular flexibility index (Phi) is 4.62. The van der Waals surface area contributed by atoms with E-state index in [-0.39, 0.29) is 5.12 Å². The van der Waals surface area contributed by atoms with Gasteiger partial charge in [-0.15, -0.1) is 0 Å². The van der Waals surface area contributed by atoms with Gasteiger partial charge in [-0.1, -0.05) is 23.9 Å². The molecule has 1 aromatic rings. The SMILES string of the molecule is CC(=O)SCCC=Cc1cn(C)nc1C. The topological polar surface area (TPSA) is 34.9 Å². The number of aryl methyl sites for hydroxylation is 2. The Morgan fingerprint density at radius 2 is 2.40 bits per heavy atom. The Morgan fingerprint density at radius 1 is 1.67 bits per heavy atom.